The number of aliphatic hydroxyl groups excluding tert-OH is 1. The predicted molar refractivity (Wildman–Crippen MR) is 74.6 cm³/mol. The van der Waals surface area contributed by atoms with E-state index in [0.717, 1.165) is 0 Å². The summed E-state index contributed by atoms with van der Waals surface area (Å²) in [5.74, 6) is 0.174. The number of phenols is 1. The molecule has 1 rings (SSSR count). The highest BCUT2D eigenvalue weighted by molar-refractivity contribution is 5.91. The molecule has 19 heavy (non-hydrogen) atoms. The number of aliphatic hydroxyl groups is 1. The summed E-state index contributed by atoms with van der Waals surface area (Å²) < 4.78 is 0. The van der Waals surface area contributed by atoms with Crippen LogP contribution < -0.4 is 5.32 Å². The molecule has 0 aliphatic heterocycles. The topological polar surface area (TPSA) is 69.6 Å². The SMILES string of the molecule is CC(C)C(=O)/C=C/NC(C)C(O)c1ccc(O)cc1. The van der Waals surface area contributed by atoms with Crippen LogP contribution in [0.2, 0.25) is 0 Å². The van der Waals surface area contributed by atoms with Crippen molar-refractivity contribution in [3.63, 3.8) is 0 Å². The van der Waals surface area contributed by atoms with Crippen LogP contribution in [-0.2, 0) is 4.79 Å². The molecule has 0 radical (unpaired) electrons. The number of nitrogens with one attached hydrogen (secondary N) is 1. The van der Waals surface area contributed by atoms with Gasteiger partial charge in [-0.3, -0.25) is 4.79 Å². The minimum absolute atomic E-state index is 0.0321. The van der Waals surface area contributed by atoms with Gasteiger partial charge in [-0.1, -0.05) is 26.0 Å². The van der Waals surface area contributed by atoms with Gasteiger partial charge < -0.3 is 15.5 Å². The van der Waals surface area contributed by atoms with E-state index >= 15 is 0 Å². The molecule has 0 heterocycles. The molecule has 0 spiro atoms. The summed E-state index contributed by atoms with van der Waals surface area (Å²) in [6, 6.07) is 6.16. The normalized spacial score (nSPS) is 14.6. The number of ketones is 1. The average Bonchev–Trinajstić information content (AvgIpc) is 2.38. The van der Waals surface area contributed by atoms with E-state index in [-0.39, 0.29) is 23.5 Å². The van der Waals surface area contributed by atoms with Crippen molar-refractivity contribution in [3.8, 4) is 5.75 Å². The predicted octanol–water partition coefficient (Wildman–Crippen LogP) is 2.14. The maximum absolute atomic E-state index is 11.4. The molecule has 1 aromatic rings. The number of aromatic hydroxyl groups is 1. The van der Waals surface area contributed by atoms with Gasteiger partial charge in [0.25, 0.3) is 0 Å². The maximum Gasteiger partial charge on any atom is 0.159 e. The number of rotatable bonds is 6. The van der Waals surface area contributed by atoms with Crippen LogP contribution in [0.3, 0.4) is 0 Å². The number of allylic oxidation sites excluding steroid dienone is 1. The van der Waals surface area contributed by atoms with Crippen molar-refractivity contribution in [2.24, 2.45) is 5.92 Å². The van der Waals surface area contributed by atoms with Gasteiger partial charge in [0.15, 0.2) is 5.78 Å². The van der Waals surface area contributed by atoms with E-state index in [4.69, 9.17) is 0 Å². The summed E-state index contributed by atoms with van der Waals surface area (Å²) in [6.45, 7) is 5.49. The van der Waals surface area contributed by atoms with Crippen molar-refractivity contribution in [1.82, 2.24) is 5.32 Å². The minimum atomic E-state index is -0.709. The molecule has 0 aliphatic rings. The van der Waals surface area contributed by atoms with E-state index in [1.807, 2.05) is 20.8 Å². The molecule has 0 fully saturated rings. The maximum atomic E-state index is 11.4. The molecule has 3 N–H and O–H groups in total. The third-order valence-electron chi connectivity index (χ3n) is 2.88. The zero-order valence-corrected chi connectivity index (χ0v) is 11.5. The van der Waals surface area contributed by atoms with Gasteiger partial charge in [0, 0.05) is 12.1 Å². The van der Waals surface area contributed by atoms with Crippen molar-refractivity contribution in [2.45, 2.75) is 32.9 Å². The van der Waals surface area contributed by atoms with Gasteiger partial charge in [-0.2, -0.15) is 0 Å². The number of hydrogen-bond donors (Lipinski definition) is 3. The lowest BCUT2D eigenvalue weighted by Gasteiger charge is -2.19. The lowest BCUT2D eigenvalue weighted by Crippen LogP contribution is -2.28. The monoisotopic (exact) mass is 263 g/mol. The number of carbonyl (C=O) groups excluding carboxylic acids is 1. The Hall–Kier alpha value is -1.81. The number of hydrogen-bond acceptors (Lipinski definition) is 4. The molecule has 1 aromatic carbocycles. The molecule has 0 amide bonds. The van der Waals surface area contributed by atoms with Crippen molar-refractivity contribution in [2.75, 3.05) is 0 Å². The highest BCUT2D eigenvalue weighted by Gasteiger charge is 2.14. The third kappa shape index (κ3) is 4.75. The van der Waals surface area contributed by atoms with Crippen LogP contribution in [0.1, 0.15) is 32.4 Å². The first kappa shape index (κ1) is 15.2. The Morgan fingerprint density at radius 3 is 2.32 bits per heavy atom. The van der Waals surface area contributed by atoms with Crippen molar-refractivity contribution in [3.05, 3.63) is 42.1 Å². The lowest BCUT2D eigenvalue weighted by atomic mass is 10.0. The zero-order valence-electron chi connectivity index (χ0n) is 11.5. The van der Waals surface area contributed by atoms with Gasteiger partial charge in [0.05, 0.1) is 12.1 Å². The lowest BCUT2D eigenvalue weighted by molar-refractivity contribution is -0.117. The van der Waals surface area contributed by atoms with Gasteiger partial charge in [-0.25, -0.2) is 0 Å². The van der Waals surface area contributed by atoms with Crippen molar-refractivity contribution < 1.29 is 15.0 Å². The average molecular weight is 263 g/mol. The molecule has 2 unspecified atom stereocenters. The Morgan fingerprint density at radius 2 is 1.79 bits per heavy atom. The second kappa shape index (κ2) is 6.95. The van der Waals surface area contributed by atoms with Gasteiger partial charge in [-0.15, -0.1) is 0 Å². The van der Waals surface area contributed by atoms with Crippen LogP contribution in [0.5, 0.6) is 5.75 Å². The van der Waals surface area contributed by atoms with Gasteiger partial charge in [-0.05, 0) is 30.7 Å². The van der Waals surface area contributed by atoms with E-state index < -0.39 is 6.10 Å². The molecule has 0 aromatic heterocycles. The fourth-order valence-corrected chi connectivity index (χ4v) is 1.53. The molecule has 0 aliphatic carbocycles. The Bertz CT molecular complexity index is 437. The van der Waals surface area contributed by atoms with Gasteiger partial charge >= 0.3 is 0 Å². The Balaban J connectivity index is 2.56. The van der Waals surface area contributed by atoms with Gasteiger partial charge in [0.2, 0.25) is 0 Å². The Kier molecular flexibility index (Phi) is 5.57. The number of carbonyl (C=O) groups is 1. The second-order valence-electron chi connectivity index (χ2n) is 4.88. The highest BCUT2D eigenvalue weighted by Crippen LogP contribution is 2.19. The van der Waals surface area contributed by atoms with Crippen molar-refractivity contribution in [1.29, 1.82) is 0 Å². The summed E-state index contributed by atoms with van der Waals surface area (Å²) in [4.78, 5) is 11.4. The molecular weight excluding hydrogens is 242 g/mol. The van der Waals surface area contributed by atoms with Gasteiger partial charge in [0.1, 0.15) is 5.75 Å². The Morgan fingerprint density at radius 1 is 1.21 bits per heavy atom. The van der Waals surface area contributed by atoms with Crippen LogP contribution in [0.25, 0.3) is 0 Å². The fourth-order valence-electron chi connectivity index (χ4n) is 1.53. The molecule has 4 nitrogen and oxygen atoms in total. The molecule has 0 saturated carbocycles. The quantitative estimate of drug-likeness (QED) is 0.688. The molecule has 2 atom stereocenters. The first-order valence-corrected chi connectivity index (χ1v) is 6.35. The molecule has 104 valence electrons. The smallest absolute Gasteiger partial charge is 0.159 e. The summed E-state index contributed by atoms with van der Waals surface area (Å²) in [5.41, 5.74) is 0.710. The number of benzene rings is 1. The molecule has 0 saturated heterocycles. The summed E-state index contributed by atoms with van der Waals surface area (Å²) in [6.07, 6.45) is 2.33. The summed E-state index contributed by atoms with van der Waals surface area (Å²) in [5, 5.41) is 22.2. The molecule has 0 bridgehead atoms. The summed E-state index contributed by atoms with van der Waals surface area (Å²) in [7, 11) is 0. The largest absolute Gasteiger partial charge is 0.508 e. The minimum Gasteiger partial charge on any atom is -0.508 e. The van der Waals surface area contributed by atoms with E-state index in [2.05, 4.69) is 5.32 Å². The second-order valence-corrected chi connectivity index (χ2v) is 4.88. The fraction of sp³-hybridized carbons (Fsp3) is 0.400. The van der Waals surface area contributed by atoms with Crippen LogP contribution in [0.15, 0.2) is 36.5 Å². The van der Waals surface area contributed by atoms with Crippen LogP contribution >= 0.6 is 0 Å². The zero-order chi connectivity index (χ0) is 14.4. The number of phenolic OH excluding ortho intramolecular Hbond substituents is 1. The van der Waals surface area contributed by atoms with Crippen LogP contribution in [0, 0.1) is 5.92 Å². The molecule has 4 heteroatoms. The highest BCUT2D eigenvalue weighted by atomic mass is 16.3. The first-order valence-electron chi connectivity index (χ1n) is 6.35. The van der Waals surface area contributed by atoms with E-state index in [0.29, 0.717) is 5.56 Å². The van der Waals surface area contributed by atoms with E-state index in [1.165, 1.54) is 18.2 Å². The van der Waals surface area contributed by atoms with Crippen molar-refractivity contribution >= 4 is 5.78 Å². The van der Waals surface area contributed by atoms with Crippen LogP contribution in [-0.4, -0.2) is 22.0 Å². The van der Waals surface area contributed by atoms with Crippen LogP contribution in [0.4, 0.5) is 0 Å². The first-order chi connectivity index (χ1) is 8.91. The standard InChI is InChI=1S/C15H21NO3/c1-10(2)14(18)8-9-16-11(3)15(19)12-4-6-13(17)7-5-12/h4-11,15-17,19H,1-3H3/b9-8+. The Labute approximate surface area is 113 Å². The third-order valence-corrected chi connectivity index (χ3v) is 2.88. The summed E-state index contributed by atoms with van der Waals surface area (Å²) >= 11 is 0. The van der Waals surface area contributed by atoms with E-state index in [1.54, 1.807) is 18.3 Å². The van der Waals surface area contributed by atoms with E-state index in [9.17, 15) is 15.0 Å². The molecular formula is C15H21NO3.